The summed E-state index contributed by atoms with van der Waals surface area (Å²) >= 11 is 3.07. The van der Waals surface area contributed by atoms with Crippen molar-refractivity contribution < 1.29 is 5.11 Å². The molecule has 0 saturated carbocycles. The molecule has 3 N–H and O–H groups in total. The lowest BCUT2D eigenvalue weighted by molar-refractivity contribution is 0.482. The van der Waals surface area contributed by atoms with E-state index in [9.17, 15) is 9.90 Å². The number of hydrogen-bond donors (Lipinski definition) is 3. The van der Waals surface area contributed by atoms with E-state index in [-0.39, 0.29) is 11.3 Å². The second-order valence-corrected chi connectivity index (χ2v) is 5.72. The Labute approximate surface area is 111 Å². The summed E-state index contributed by atoms with van der Waals surface area (Å²) in [7, 11) is 0. The van der Waals surface area contributed by atoms with E-state index < -0.39 is 0 Å². The van der Waals surface area contributed by atoms with E-state index in [1.807, 2.05) is 17.5 Å². The molecule has 0 aliphatic rings. The van der Waals surface area contributed by atoms with Gasteiger partial charge in [0.15, 0.2) is 5.75 Å². The first kappa shape index (κ1) is 11.3. The summed E-state index contributed by atoms with van der Waals surface area (Å²) in [6.07, 6.45) is 0. The maximum Gasteiger partial charge on any atom is 0.250 e. The van der Waals surface area contributed by atoms with Crippen molar-refractivity contribution in [3.8, 4) is 5.75 Å². The summed E-state index contributed by atoms with van der Waals surface area (Å²) < 4.78 is 0.864. The molecule has 3 heterocycles. The van der Waals surface area contributed by atoms with Gasteiger partial charge in [0.2, 0.25) is 0 Å². The Morgan fingerprint density at radius 2 is 2.28 bits per heavy atom. The highest BCUT2D eigenvalue weighted by molar-refractivity contribution is 7.18. The van der Waals surface area contributed by atoms with Gasteiger partial charge >= 0.3 is 0 Å². The molecule has 0 spiro atoms. The fourth-order valence-electron chi connectivity index (χ4n) is 1.75. The van der Waals surface area contributed by atoms with Crippen LogP contribution in [0.25, 0.3) is 10.2 Å². The van der Waals surface area contributed by atoms with Crippen molar-refractivity contribution in [1.29, 1.82) is 0 Å². The number of pyridine rings is 1. The van der Waals surface area contributed by atoms with Gasteiger partial charge in [-0.2, -0.15) is 0 Å². The molecule has 4 nitrogen and oxygen atoms in total. The standard InChI is InChI=1S/C12H10N2O2S2/c15-9-6-18-12-8(4-10(16)14-11(9)12)13-5-7-2-1-3-17-7/h1-4,6,15H,5H2,(H2,13,14,16). The first-order valence-corrected chi connectivity index (χ1v) is 7.10. The molecule has 0 bridgehead atoms. The number of nitrogens with one attached hydrogen (secondary N) is 2. The number of hydrogen-bond acceptors (Lipinski definition) is 5. The lowest BCUT2D eigenvalue weighted by atomic mass is 10.3. The van der Waals surface area contributed by atoms with Gasteiger partial charge in [-0.25, -0.2) is 0 Å². The van der Waals surface area contributed by atoms with Crippen molar-refractivity contribution in [1.82, 2.24) is 4.98 Å². The van der Waals surface area contributed by atoms with E-state index >= 15 is 0 Å². The minimum Gasteiger partial charge on any atom is -0.505 e. The Balaban J connectivity index is 1.98. The Morgan fingerprint density at radius 3 is 3.06 bits per heavy atom. The molecular weight excluding hydrogens is 268 g/mol. The van der Waals surface area contributed by atoms with Crippen LogP contribution in [0.15, 0.2) is 33.8 Å². The summed E-state index contributed by atoms with van der Waals surface area (Å²) in [5.74, 6) is 0.117. The molecule has 6 heteroatoms. The number of aromatic nitrogens is 1. The van der Waals surface area contributed by atoms with Crippen LogP contribution in [0.1, 0.15) is 4.88 Å². The quantitative estimate of drug-likeness (QED) is 0.690. The molecule has 92 valence electrons. The zero-order valence-electron chi connectivity index (χ0n) is 9.27. The van der Waals surface area contributed by atoms with E-state index in [1.165, 1.54) is 22.3 Å². The van der Waals surface area contributed by atoms with Crippen molar-refractivity contribution in [3.05, 3.63) is 44.2 Å². The van der Waals surface area contributed by atoms with Crippen LogP contribution >= 0.6 is 22.7 Å². The Bertz CT molecular complexity index is 728. The normalized spacial score (nSPS) is 10.9. The van der Waals surface area contributed by atoms with E-state index in [4.69, 9.17) is 0 Å². The van der Waals surface area contributed by atoms with Crippen molar-refractivity contribution in [2.24, 2.45) is 0 Å². The lowest BCUT2D eigenvalue weighted by Gasteiger charge is -2.05. The monoisotopic (exact) mass is 278 g/mol. The average molecular weight is 278 g/mol. The molecule has 0 aliphatic carbocycles. The minimum atomic E-state index is -0.218. The van der Waals surface area contributed by atoms with Crippen LogP contribution in [-0.2, 0) is 6.54 Å². The van der Waals surface area contributed by atoms with Crippen molar-refractivity contribution in [3.63, 3.8) is 0 Å². The molecule has 0 aliphatic heterocycles. The molecule has 0 amide bonds. The zero-order chi connectivity index (χ0) is 12.5. The average Bonchev–Trinajstić information content (AvgIpc) is 2.97. The Hall–Kier alpha value is -1.79. The Morgan fingerprint density at radius 1 is 1.39 bits per heavy atom. The molecule has 0 radical (unpaired) electrons. The highest BCUT2D eigenvalue weighted by Crippen LogP contribution is 2.33. The van der Waals surface area contributed by atoms with Gasteiger partial charge in [-0.1, -0.05) is 6.07 Å². The summed E-state index contributed by atoms with van der Waals surface area (Å²) in [5.41, 5.74) is 1.04. The molecular formula is C12H10N2O2S2. The van der Waals surface area contributed by atoms with E-state index in [1.54, 1.807) is 16.7 Å². The van der Waals surface area contributed by atoms with Crippen LogP contribution in [0.2, 0.25) is 0 Å². The second kappa shape index (κ2) is 4.47. The Kier molecular flexibility index (Phi) is 2.81. The van der Waals surface area contributed by atoms with E-state index in [0.717, 1.165) is 10.4 Å². The zero-order valence-corrected chi connectivity index (χ0v) is 10.9. The third kappa shape index (κ3) is 2.00. The number of thiophene rings is 2. The maximum absolute atomic E-state index is 11.5. The summed E-state index contributed by atoms with van der Waals surface area (Å²) in [6, 6.07) is 5.55. The lowest BCUT2D eigenvalue weighted by Crippen LogP contribution is -2.07. The molecule has 0 atom stereocenters. The first-order chi connectivity index (χ1) is 8.74. The number of anilines is 1. The molecule has 0 unspecified atom stereocenters. The topological polar surface area (TPSA) is 65.1 Å². The fourth-order valence-corrected chi connectivity index (χ4v) is 3.27. The molecule has 3 aromatic rings. The van der Waals surface area contributed by atoms with Crippen molar-refractivity contribution in [2.45, 2.75) is 6.54 Å². The van der Waals surface area contributed by atoms with Crippen LogP contribution in [-0.4, -0.2) is 10.1 Å². The molecule has 3 aromatic heterocycles. The summed E-state index contributed by atoms with van der Waals surface area (Å²) in [6.45, 7) is 0.675. The van der Waals surface area contributed by atoms with Crippen LogP contribution in [0.4, 0.5) is 5.69 Å². The SMILES string of the molecule is O=c1cc(NCc2cccs2)c2scc(O)c2[nH]1. The predicted octanol–water partition coefficient (Wildman–Crippen LogP) is 2.97. The summed E-state index contributed by atoms with van der Waals surface area (Å²) in [4.78, 5) is 15.4. The van der Waals surface area contributed by atoms with Gasteiger partial charge in [-0.15, -0.1) is 22.7 Å². The smallest absolute Gasteiger partial charge is 0.250 e. The number of fused-ring (bicyclic) bond motifs is 1. The van der Waals surface area contributed by atoms with Crippen molar-refractivity contribution in [2.75, 3.05) is 5.32 Å². The highest BCUT2D eigenvalue weighted by atomic mass is 32.1. The second-order valence-electron chi connectivity index (χ2n) is 3.81. The van der Waals surface area contributed by atoms with E-state index in [2.05, 4.69) is 10.3 Å². The van der Waals surface area contributed by atoms with Gasteiger partial charge in [0.1, 0.15) is 5.52 Å². The van der Waals surface area contributed by atoms with E-state index in [0.29, 0.717) is 12.1 Å². The predicted molar refractivity (Wildman–Crippen MR) is 75.8 cm³/mol. The van der Waals surface area contributed by atoms with Gasteiger partial charge < -0.3 is 15.4 Å². The van der Waals surface area contributed by atoms with Gasteiger partial charge in [0.25, 0.3) is 5.56 Å². The van der Waals surface area contributed by atoms with Gasteiger partial charge in [-0.05, 0) is 11.4 Å². The van der Waals surface area contributed by atoms with Gasteiger partial charge in [0, 0.05) is 22.9 Å². The highest BCUT2D eigenvalue weighted by Gasteiger charge is 2.09. The molecule has 3 rings (SSSR count). The number of rotatable bonds is 3. The van der Waals surface area contributed by atoms with Crippen LogP contribution in [0.5, 0.6) is 5.75 Å². The van der Waals surface area contributed by atoms with Crippen molar-refractivity contribution >= 4 is 38.6 Å². The van der Waals surface area contributed by atoms with Gasteiger partial charge in [0.05, 0.1) is 10.4 Å². The minimum absolute atomic E-state index is 0.117. The third-order valence-electron chi connectivity index (χ3n) is 2.57. The number of H-pyrrole nitrogens is 1. The maximum atomic E-state index is 11.5. The molecule has 0 fully saturated rings. The molecule has 18 heavy (non-hydrogen) atoms. The molecule has 0 aromatic carbocycles. The molecule has 0 saturated heterocycles. The fraction of sp³-hybridized carbons (Fsp3) is 0.0833. The van der Waals surface area contributed by atoms with Crippen LogP contribution in [0, 0.1) is 0 Å². The van der Waals surface area contributed by atoms with Crippen LogP contribution < -0.4 is 10.9 Å². The first-order valence-electron chi connectivity index (χ1n) is 5.34. The summed E-state index contributed by atoms with van der Waals surface area (Å²) in [5, 5.41) is 16.5. The number of aromatic hydroxyl groups is 1. The van der Waals surface area contributed by atoms with Gasteiger partial charge in [-0.3, -0.25) is 4.79 Å². The largest absolute Gasteiger partial charge is 0.505 e. The third-order valence-corrected chi connectivity index (χ3v) is 4.45. The number of aromatic amines is 1. The van der Waals surface area contributed by atoms with Crippen LogP contribution in [0.3, 0.4) is 0 Å².